The van der Waals surface area contributed by atoms with Gasteiger partial charge in [0.1, 0.15) is 0 Å². The van der Waals surface area contributed by atoms with Gasteiger partial charge in [-0.2, -0.15) is 0 Å². The summed E-state index contributed by atoms with van der Waals surface area (Å²) in [6.45, 7) is 6.32. The van der Waals surface area contributed by atoms with E-state index in [0.29, 0.717) is 13.0 Å². The summed E-state index contributed by atoms with van der Waals surface area (Å²) in [7, 11) is 0. The van der Waals surface area contributed by atoms with Gasteiger partial charge in [0.15, 0.2) is 0 Å². The SMILES string of the molecule is Cc1ccc(N2CC(NC(=O)N3CCCCC3)CC2=O)cc1C. The summed E-state index contributed by atoms with van der Waals surface area (Å²) >= 11 is 0. The number of anilines is 1. The Morgan fingerprint density at radius 1 is 1.13 bits per heavy atom. The molecule has 0 bridgehead atoms. The second kappa shape index (κ2) is 6.60. The van der Waals surface area contributed by atoms with Gasteiger partial charge in [-0.05, 0) is 56.4 Å². The van der Waals surface area contributed by atoms with Crippen LogP contribution in [0.2, 0.25) is 0 Å². The van der Waals surface area contributed by atoms with Crippen molar-refractivity contribution in [1.29, 1.82) is 0 Å². The number of urea groups is 1. The summed E-state index contributed by atoms with van der Waals surface area (Å²) in [4.78, 5) is 28.2. The van der Waals surface area contributed by atoms with Gasteiger partial charge in [0, 0.05) is 31.7 Å². The summed E-state index contributed by atoms with van der Waals surface area (Å²) < 4.78 is 0. The molecule has 2 saturated heterocycles. The molecule has 1 aromatic carbocycles. The number of carbonyl (C=O) groups is 2. The molecule has 0 aliphatic carbocycles. The number of carbonyl (C=O) groups excluding carboxylic acids is 2. The van der Waals surface area contributed by atoms with Gasteiger partial charge in [-0.3, -0.25) is 4.79 Å². The summed E-state index contributed by atoms with van der Waals surface area (Å²) in [6.07, 6.45) is 3.73. The van der Waals surface area contributed by atoms with E-state index >= 15 is 0 Å². The number of rotatable bonds is 2. The van der Waals surface area contributed by atoms with Crippen molar-refractivity contribution < 1.29 is 9.59 Å². The minimum absolute atomic E-state index is 0.0237. The van der Waals surface area contributed by atoms with E-state index in [1.807, 2.05) is 23.1 Å². The van der Waals surface area contributed by atoms with Crippen molar-refractivity contribution in [2.45, 2.75) is 45.6 Å². The van der Waals surface area contributed by atoms with Gasteiger partial charge in [0.05, 0.1) is 6.04 Å². The van der Waals surface area contributed by atoms with Gasteiger partial charge in [-0.25, -0.2) is 4.79 Å². The molecule has 2 aliphatic rings. The van der Waals surface area contributed by atoms with Gasteiger partial charge in [-0.1, -0.05) is 6.07 Å². The van der Waals surface area contributed by atoms with E-state index in [1.54, 1.807) is 4.90 Å². The zero-order valence-corrected chi connectivity index (χ0v) is 14.0. The zero-order chi connectivity index (χ0) is 16.4. The average Bonchev–Trinajstić information content (AvgIpc) is 2.91. The van der Waals surface area contributed by atoms with Crippen LogP contribution in [-0.2, 0) is 4.79 Å². The third-order valence-corrected chi connectivity index (χ3v) is 4.90. The van der Waals surface area contributed by atoms with E-state index in [-0.39, 0.29) is 18.0 Å². The zero-order valence-electron chi connectivity index (χ0n) is 14.0. The Balaban J connectivity index is 1.62. The van der Waals surface area contributed by atoms with Crippen LogP contribution in [-0.4, -0.2) is 42.5 Å². The van der Waals surface area contributed by atoms with Crippen LogP contribution in [0.3, 0.4) is 0 Å². The highest BCUT2D eigenvalue weighted by atomic mass is 16.2. The molecule has 1 aromatic rings. The number of benzene rings is 1. The fourth-order valence-corrected chi connectivity index (χ4v) is 3.31. The molecule has 1 N–H and O–H groups in total. The van der Waals surface area contributed by atoms with Gasteiger partial charge in [0.25, 0.3) is 0 Å². The quantitative estimate of drug-likeness (QED) is 0.912. The minimum Gasteiger partial charge on any atom is -0.333 e. The number of aryl methyl sites for hydroxylation is 2. The lowest BCUT2D eigenvalue weighted by Crippen LogP contribution is -2.47. The maximum absolute atomic E-state index is 12.3. The van der Waals surface area contributed by atoms with E-state index < -0.39 is 0 Å². The molecule has 5 heteroatoms. The van der Waals surface area contributed by atoms with Crippen LogP contribution in [0.1, 0.15) is 36.8 Å². The molecule has 23 heavy (non-hydrogen) atoms. The summed E-state index contributed by atoms with van der Waals surface area (Å²) in [5.74, 6) is 0.0807. The lowest BCUT2D eigenvalue weighted by atomic mass is 10.1. The molecule has 3 amide bonds. The van der Waals surface area contributed by atoms with Gasteiger partial charge in [-0.15, -0.1) is 0 Å². The maximum Gasteiger partial charge on any atom is 0.317 e. The summed E-state index contributed by atoms with van der Waals surface area (Å²) in [5, 5.41) is 3.03. The van der Waals surface area contributed by atoms with E-state index in [1.165, 1.54) is 17.5 Å². The summed E-state index contributed by atoms with van der Waals surface area (Å²) in [5.41, 5.74) is 3.32. The fraction of sp³-hybridized carbons (Fsp3) is 0.556. The third-order valence-electron chi connectivity index (χ3n) is 4.90. The van der Waals surface area contributed by atoms with Crippen LogP contribution in [0.25, 0.3) is 0 Å². The smallest absolute Gasteiger partial charge is 0.317 e. The Labute approximate surface area is 137 Å². The molecular formula is C18H25N3O2. The Hall–Kier alpha value is -2.04. The monoisotopic (exact) mass is 315 g/mol. The number of nitrogens with one attached hydrogen (secondary N) is 1. The number of amides is 3. The maximum atomic E-state index is 12.3. The second-order valence-electron chi connectivity index (χ2n) is 6.67. The molecule has 2 fully saturated rings. The van der Waals surface area contributed by atoms with Crippen molar-refractivity contribution in [3.05, 3.63) is 29.3 Å². The number of hydrogen-bond acceptors (Lipinski definition) is 2. The molecule has 1 atom stereocenters. The van der Waals surface area contributed by atoms with Crippen molar-refractivity contribution in [3.8, 4) is 0 Å². The van der Waals surface area contributed by atoms with E-state index in [0.717, 1.165) is 31.6 Å². The highest BCUT2D eigenvalue weighted by Crippen LogP contribution is 2.24. The first kappa shape index (κ1) is 15.8. The molecule has 1 unspecified atom stereocenters. The summed E-state index contributed by atoms with van der Waals surface area (Å²) in [6, 6.07) is 5.94. The normalized spacial score (nSPS) is 21.7. The predicted molar refractivity (Wildman–Crippen MR) is 90.6 cm³/mol. The molecule has 3 rings (SSSR count). The van der Waals surface area contributed by atoms with Crippen molar-refractivity contribution in [2.75, 3.05) is 24.5 Å². The van der Waals surface area contributed by atoms with Crippen LogP contribution in [0.15, 0.2) is 18.2 Å². The Bertz CT molecular complexity index is 608. The number of piperidine rings is 1. The molecule has 0 radical (unpaired) electrons. The largest absolute Gasteiger partial charge is 0.333 e. The van der Waals surface area contributed by atoms with E-state index in [9.17, 15) is 9.59 Å². The van der Waals surface area contributed by atoms with Gasteiger partial charge >= 0.3 is 6.03 Å². The van der Waals surface area contributed by atoms with Crippen molar-refractivity contribution >= 4 is 17.6 Å². The first-order valence-corrected chi connectivity index (χ1v) is 8.47. The molecule has 0 saturated carbocycles. The van der Waals surface area contributed by atoms with E-state index in [2.05, 4.69) is 19.2 Å². The topological polar surface area (TPSA) is 52.7 Å². The fourth-order valence-electron chi connectivity index (χ4n) is 3.31. The van der Waals surface area contributed by atoms with Crippen molar-refractivity contribution in [1.82, 2.24) is 10.2 Å². The Kier molecular flexibility index (Phi) is 4.55. The van der Waals surface area contributed by atoms with Gasteiger partial charge < -0.3 is 15.1 Å². The van der Waals surface area contributed by atoms with Crippen LogP contribution < -0.4 is 10.2 Å². The van der Waals surface area contributed by atoms with Crippen LogP contribution >= 0.6 is 0 Å². The lowest BCUT2D eigenvalue weighted by Gasteiger charge is -2.28. The molecule has 2 heterocycles. The number of hydrogen-bond donors (Lipinski definition) is 1. The van der Waals surface area contributed by atoms with Crippen molar-refractivity contribution in [2.24, 2.45) is 0 Å². The molecule has 5 nitrogen and oxygen atoms in total. The van der Waals surface area contributed by atoms with Crippen LogP contribution in [0, 0.1) is 13.8 Å². The molecule has 2 aliphatic heterocycles. The van der Waals surface area contributed by atoms with E-state index in [4.69, 9.17) is 0 Å². The van der Waals surface area contributed by atoms with Crippen molar-refractivity contribution in [3.63, 3.8) is 0 Å². The molecule has 0 spiro atoms. The third kappa shape index (κ3) is 3.49. The molecule has 0 aromatic heterocycles. The van der Waals surface area contributed by atoms with Gasteiger partial charge in [0.2, 0.25) is 5.91 Å². The Morgan fingerprint density at radius 3 is 2.57 bits per heavy atom. The minimum atomic E-state index is -0.0986. The standard InChI is InChI=1S/C18H25N3O2/c1-13-6-7-16(10-14(13)2)21-12-15(11-17(21)22)19-18(23)20-8-4-3-5-9-20/h6-7,10,15H,3-5,8-9,11-12H2,1-2H3,(H,19,23). The number of likely N-dealkylation sites (tertiary alicyclic amines) is 1. The lowest BCUT2D eigenvalue weighted by molar-refractivity contribution is -0.117. The number of nitrogens with zero attached hydrogens (tertiary/aromatic N) is 2. The first-order valence-electron chi connectivity index (χ1n) is 8.47. The van der Waals surface area contributed by atoms with Crippen LogP contribution in [0.4, 0.5) is 10.5 Å². The molecule has 124 valence electrons. The second-order valence-corrected chi connectivity index (χ2v) is 6.67. The average molecular weight is 315 g/mol. The molecular weight excluding hydrogens is 290 g/mol. The first-order chi connectivity index (χ1) is 11.0. The highest BCUT2D eigenvalue weighted by molar-refractivity contribution is 5.96. The van der Waals surface area contributed by atoms with Crippen LogP contribution in [0.5, 0.6) is 0 Å². The predicted octanol–water partition coefficient (Wildman–Crippen LogP) is 2.60. The highest BCUT2D eigenvalue weighted by Gasteiger charge is 2.32. The Morgan fingerprint density at radius 2 is 1.87 bits per heavy atom.